The molecule has 5 rings (SSSR count). The second kappa shape index (κ2) is 14.0. The average molecular weight is 684 g/mol. The van der Waals surface area contributed by atoms with Gasteiger partial charge in [-0.3, -0.25) is 0 Å². The third-order valence-electron chi connectivity index (χ3n) is 7.69. The van der Waals surface area contributed by atoms with Crippen LogP contribution in [0.5, 0.6) is 5.75 Å². The maximum atomic E-state index is 13.5. The van der Waals surface area contributed by atoms with Crippen molar-refractivity contribution in [2.24, 2.45) is 0 Å². The molecule has 1 aromatic heterocycles. The van der Waals surface area contributed by atoms with Gasteiger partial charge in [-0.25, -0.2) is 22.8 Å². The topological polar surface area (TPSA) is 102 Å². The molecule has 2 heterocycles. The molecule has 1 aliphatic rings. The number of aromatic nitrogens is 2. The molecule has 4 aromatic rings. The molecule has 1 atom stereocenters. The Kier molecular flexibility index (Phi) is 10.2. The zero-order valence-electron chi connectivity index (χ0n) is 24.7. The molecule has 0 radical (unpaired) electrons. The fourth-order valence-electron chi connectivity index (χ4n) is 5.09. The van der Waals surface area contributed by atoms with Gasteiger partial charge in [-0.2, -0.15) is 0 Å². The van der Waals surface area contributed by atoms with Crippen LogP contribution in [0.15, 0.2) is 83.8 Å². The van der Waals surface area contributed by atoms with E-state index in [1.54, 1.807) is 26.2 Å². The fourth-order valence-corrected chi connectivity index (χ4v) is 6.48. The van der Waals surface area contributed by atoms with Gasteiger partial charge in [0.2, 0.25) is 0 Å². The highest BCUT2D eigenvalue weighted by Gasteiger charge is 2.35. The summed E-state index contributed by atoms with van der Waals surface area (Å²) in [6.07, 6.45) is 7.63. The number of sulfone groups is 1. The number of ether oxygens (including phenoxy) is 2. The summed E-state index contributed by atoms with van der Waals surface area (Å²) in [5.41, 5.74) is 2.86. The largest absolute Gasteiger partial charge is 0.490 e. The van der Waals surface area contributed by atoms with E-state index in [0.717, 1.165) is 51.5 Å². The van der Waals surface area contributed by atoms with Gasteiger partial charge < -0.3 is 20.1 Å². The molecule has 232 valence electrons. The van der Waals surface area contributed by atoms with Crippen molar-refractivity contribution < 1.29 is 22.3 Å². The Morgan fingerprint density at radius 1 is 1.09 bits per heavy atom. The van der Waals surface area contributed by atoms with Crippen molar-refractivity contribution in [3.05, 3.63) is 101 Å². The van der Waals surface area contributed by atoms with E-state index in [1.807, 2.05) is 36.4 Å². The molecule has 1 unspecified atom stereocenters. The second-order valence-electron chi connectivity index (χ2n) is 11.1. The minimum absolute atomic E-state index is 0.134. The van der Waals surface area contributed by atoms with Crippen molar-refractivity contribution in [1.29, 1.82) is 0 Å². The fraction of sp³-hybridized carbons (Fsp3) is 0.333. The van der Waals surface area contributed by atoms with Gasteiger partial charge in [-0.1, -0.05) is 18.2 Å². The monoisotopic (exact) mass is 682 g/mol. The van der Waals surface area contributed by atoms with Gasteiger partial charge in [0.25, 0.3) is 0 Å². The van der Waals surface area contributed by atoms with Crippen LogP contribution in [0.3, 0.4) is 0 Å². The summed E-state index contributed by atoms with van der Waals surface area (Å²) in [5, 5.41) is 7.17. The quantitative estimate of drug-likeness (QED) is 0.135. The molecular formula is C33H36BrFN4O4S. The molecule has 11 heteroatoms. The zero-order chi connectivity index (χ0) is 31.2. The lowest BCUT2D eigenvalue weighted by atomic mass is 9.86. The summed E-state index contributed by atoms with van der Waals surface area (Å²) >= 11 is 3.59. The first kappa shape index (κ1) is 31.9. The van der Waals surface area contributed by atoms with Crippen LogP contribution in [0.25, 0.3) is 10.9 Å². The van der Waals surface area contributed by atoms with Gasteiger partial charge in [0.15, 0.2) is 9.84 Å². The van der Waals surface area contributed by atoms with Gasteiger partial charge in [-0.15, -0.1) is 0 Å². The van der Waals surface area contributed by atoms with E-state index < -0.39 is 15.4 Å². The first-order valence-corrected chi connectivity index (χ1v) is 17.1. The predicted octanol–water partition coefficient (Wildman–Crippen LogP) is 7.18. The van der Waals surface area contributed by atoms with Gasteiger partial charge in [-0.05, 0) is 109 Å². The minimum atomic E-state index is -3.06. The number of fused-ring (bicyclic) bond motifs is 1. The van der Waals surface area contributed by atoms with Crippen molar-refractivity contribution >= 4 is 48.2 Å². The molecular weight excluding hydrogens is 647 g/mol. The number of hydrogen-bond acceptors (Lipinski definition) is 8. The van der Waals surface area contributed by atoms with Crippen LogP contribution in [0.2, 0.25) is 0 Å². The third kappa shape index (κ3) is 7.75. The maximum Gasteiger partial charge on any atom is 0.153 e. The number of benzene rings is 3. The smallest absolute Gasteiger partial charge is 0.153 e. The van der Waals surface area contributed by atoms with Crippen LogP contribution >= 0.6 is 15.9 Å². The SMILES string of the molecule is CC(C)S(=O)(=O)CCNCCCC1(c2ccc3ncnc(Nc4ccc(OCc5cccc(F)c5)c(Br)c4)c3c2)CC=CO1. The van der Waals surface area contributed by atoms with Crippen LogP contribution in [-0.4, -0.2) is 42.5 Å². The molecule has 0 saturated heterocycles. The van der Waals surface area contributed by atoms with Gasteiger partial charge in [0, 0.05) is 24.0 Å². The van der Waals surface area contributed by atoms with Crippen LogP contribution in [0.1, 0.15) is 44.2 Å². The van der Waals surface area contributed by atoms with E-state index in [4.69, 9.17) is 9.47 Å². The second-order valence-corrected chi connectivity index (χ2v) is 14.6. The Bertz CT molecular complexity index is 1740. The average Bonchev–Trinajstić information content (AvgIpc) is 3.48. The predicted molar refractivity (Wildman–Crippen MR) is 175 cm³/mol. The summed E-state index contributed by atoms with van der Waals surface area (Å²) in [6.45, 7) is 4.80. The molecule has 44 heavy (non-hydrogen) atoms. The van der Waals surface area contributed by atoms with E-state index in [-0.39, 0.29) is 23.4 Å². The van der Waals surface area contributed by atoms with Gasteiger partial charge >= 0.3 is 0 Å². The van der Waals surface area contributed by atoms with Gasteiger partial charge in [0.1, 0.15) is 35.9 Å². The van der Waals surface area contributed by atoms with E-state index in [1.165, 1.54) is 18.5 Å². The van der Waals surface area contributed by atoms with Crippen molar-refractivity contribution in [3.8, 4) is 5.75 Å². The lowest BCUT2D eigenvalue weighted by molar-refractivity contribution is 0.0306. The Labute approximate surface area is 266 Å². The number of nitrogens with one attached hydrogen (secondary N) is 2. The maximum absolute atomic E-state index is 13.5. The first-order chi connectivity index (χ1) is 21.1. The molecule has 0 fully saturated rings. The van der Waals surface area contributed by atoms with Crippen LogP contribution in [0.4, 0.5) is 15.9 Å². The molecule has 0 aliphatic carbocycles. The van der Waals surface area contributed by atoms with E-state index in [0.29, 0.717) is 24.7 Å². The summed E-state index contributed by atoms with van der Waals surface area (Å²) in [6, 6.07) is 18.1. The lowest BCUT2D eigenvalue weighted by Crippen LogP contribution is -2.30. The molecule has 0 bridgehead atoms. The standard InChI is InChI=1S/C33H36BrFN4O4S/c1-23(2)44(40,41)17-15-36-14-4-12-33(13-5-16-43-33)25-8-10-30-28(19-25)32(38-22-37-30)39-27-9-11-31(29(34)20-27)42-21-24-6-3-7-26(35)18-24/h3,5-11,16,18-20,22-23,36H,4,12-15,17,21H2,1-2H3,(H,37,38,39). The van der Waals surface area contributed by atoms with E-state index >= 15 is 0 Å². The molecule has 8 nitrogen and oxygen atoms in total. The summed E-state index contributed by atoms with van der Waals surface area (Å²) < 4.78 is 50.5. The normalized spacial score (nSPS) is 16.4. The number of hydrogen-bond donors (Lipinski definition) is 2. The highest BCUT2D eigenvalue weighted by Crippen LogP contribution is 2.40. The Morgan fingerprint density at radius 2 is 1.95 bits per heavy atom. The van der Waals surface area contributed by atoms with Crippen molar-refractivity contribution in [3.63, 3.8) is 0 Å². The Hall–Kier alpha value is -3.54. The Balaban J connectivity index is 1.27. The highest BCUT2D eigenvalue weighted by atomic mass is 79.9. The summed E-state index contributed by atoms with van der Waals surface area (Å²) in [7, 11) is -3.06. The lowest BCUT2D eigenvalue weighted by Gasteiger charge is -2.30. The summed E-state index contributed by atoms with van der Waals surface area (Å²) in [5.74, 6) is 1.13. The third-order valence-corrected chi connectivity index (χ3v) is 10.5. The number of nitrogens with zero attached hydrogens (tertiary/aromatic N) is 2. The van der Waals surface area contributed by atoms with Crippen molar-refractivity contribution in [2.75, 3.05) is 24.2 Å². The number of rotatable bonds is 14. The van der Waals surface area contributed by atoms with Crippen LogP contribution < -0.4 is 15.4 Å². The molecule has 2 N–H and O–H groups in total. The Morgan fingerprint density at radius 3 is 2.70 bits per heavy atom. The first-order valence-electron chi connectivity index (χ1n) is 14.6. The number of halogens is 2. The molecule has 0 saturated carbocycles. The molecule has 3 aromatic carbocycles. The van der Waals surface area contributed by atoms with Gasteiger partial charge in [0.05, 0.1) is 27.3 Å². The van der Waals surface area contributed by atoms with Crippen LogP contribution in [-0.2, 0) is 26.8 Å². The molecule has 0 amide bonds. The van der Waals surface area contributed by atoms with Crippen molar-refractivity contribution in [2.45, 2.75) is 50.6 Å². The molecule has 1 aliphatic heterocycles. The highest BCUT2D eigenvalue weighted by molar-refractivity contribution is 9.10. The minimum Gasteiger partial charge on any atom is -0.490 e. The number of anilines is 2. The van der Waals surface area contributed by atoms with E-state index in [2.05, 4.69) is 48.7 Å². The van der Waals surface area contributed by atoms with Crippen LogP contribution in [0, 0.1) is 5.82 Å². The van der Waals surface area contributed by atoms with E-state index in [9.17, 15) is 12.8 Å². The molecule has 0 spiro atoms. The zero-order valence-corrected chi connectivity index (χ0v) is 27.1. The van der Waals surface area contributed by atoms with Crippen molar-refractivity contribution in [1.82, 2.24) is 15.3 Å². The summed E-state index contributed by atoms with van der Waals surface area (Å²) in [4.78, 5) is 9.01.